The van der Waals surface area contributed by atoms with Gasteiger partial charge in [0.2, 0.25) is 5.91 Å². The zero-order valence-corrected chi connectivity index (χ0v) is 21.1. The molecule has 3 saturated heterocycles. The average molecular weight is 508 g/mol. The number of pyridine rings is 1. The highest BCUT2D eigenvalue weighted by Gasteiger charge is 2.32. The summed E-state index contributed by atoms with van der Waals surface area (Å²) in [7, 11) is 0. The van der Waals surface area contributed by atoms with Crippen LogP contribution >= 0.6 is 0 Å². The van der Waals surface area contributed by atoms with Crippen LogP contribution in [0.5, 0.6) is 5.75 Å². The largest absolute Gasteiger partial charge is 0.486 e. The van der Waals surface area contributed by atoms with Gasteiger partial charge in [-0.25, -0.2) is 9.37 Å². The Labute approximate surface area is 217 Å². The third-order valence-corrected chi connectivity index (χ3v) is 8.23. The number of nitrogens with one attached hydrogen (secondary N) is 1. The smallest absolute Gasteiger partial charge is 0.246 e. The van der Waals surface area contributed by atoms with Crippen molar-refractivity contribution < 1.29 is 18.7 Å². The van der Waals surface area contributed by atoms with Crippen molar-refractivity contribution in [2.24, 2.45) is 0 Å². The van der Waals surface area contributed by atoms with E-state index < -0.39 is 0 Å². The summed E-state index contributed by atoms with van der Waals surface area (Å²) in [6, 6.07) is 6.80. The third-order valence-electron chi connectivity index (χ3n) is 8.23. The topological polar surface area (TPSA) is 70.2 Å². The molecule has 3 fully saturated rings. The number of morpholine rings is 1. The molecule has 1 aromatic carbocycles. The molecule has 5 heterocycles. The lowest BCUT2D eigenvalue weighted by atomic mass is 9.88. The van der Waals surface area contributed by atoms with Crippen LogP contribution in [0.4, 0.5) is 21.6 Å². The Morgan fingerprint density at radius 2 is 1.95 bits per heavy atom. The first-order chi connectivity index (χ1) is 18.1. The maximum atomic E-state index is 14.9. The summed E-state index contributed by atoms with van der Waals surface area (Å²) in [5.74, 6) is 1.57. The standard InChI is InChI=1S/C28H34FN5O3/c1-2-26(35)34-10-7-21(17-34)32-8-5-19(6-9-32)20-3-4-25-24(15-20)31-28-22(18-37-25)27(23(29)16-30-28)33-11-13-36-14-12-33/h2-4,15-16,19,21H,1,5-14,17-18H2,(H,30,31)/t21-/m0/s1. The van der Waals surface area contributed by atoms with E-state index in [1.165, 1.54) is 17.8 Å². The number of nitrogens with zero attached hydrogens (tertiary/aromatic N) is 4. The number of anilines is 3. The van der Waals surface area contributed by atoms with Gasteiger partial charge < -0.3 is 24.6 Å². The minimum Gasteiger partial charge on any atom is -0.486 e. The predicted octanol–water partition coefficient (Wildman–Crippen LogP) is 3.66. The molecule has 1 N–H and O–H groups in total. The highest BCUT2D eigenvalue weighted by atomic mass is 19.1. The number of carbonyl (C=O) groups is 1. The molecule has 4 aliphatic rings. The Hall–Kier alpha value is -3.17. The monoisotopic (exact) mass is 507 g/mol. The van der Waals surface area contributed by atoms with Gasteiger partial charge in [0.05, 0.1) is 36.3 Å². The number of fused-ring (bicyclic) bond motifs is 2. The number of amides is 1. The Kier molecular flexibility index (Phi) is 6.73. The van der Waals surface area contributed by atoms with Crippen molar-refractivity contribution >= 4 is 23.1 Å². The molecule has 0 aliphatic carbocycles. The van der Waals surface area contributed by atoms with Gasteiger partial charge in [0.25, 0.3) is 0 Å². The Balaban J connectivity index is 1.15. The van der Waals surface area contributed by atoms with Gasteiger partial charge in [0.15, 0.2) is 5.82 Å². The van der Waals surface area contributed by atoms with Gasteiger partial charge in [-0.15, -0.1) is 0 Å². The number of carbonyl (C=O) groups excluding carboxylic acids is 1. The summed E-state index contributed by atoms with van der Waals surface area (Å²) in [5.41, 5.74) is 3.46. The van der Waals surface area contributed by atoms with Crippen molar-refractivity contribution in [2.45, 2.75) is 37.8 Å². The number of likely N-dealkylation sites (tertiary alicyclic amines) is 2. The minimum atomic E-state index is -0.330. The number of halogens is 1. The van der Waals surface area contributed by atoms with Crippen molar-refractivity contribution in [1.82, 2.24) is 14.8 Å². The molecule has 0 bridgehead atoms. The summed E-state index contributed by atoms with van der Waals surface area (Å²) < 4.78 is 26.5. The van der Waals surface area contributed by atoms with E-state index in [2.05, 4.69) is 33.9 Å². The fraction of sp³-hybridized carbons (Fsp3) is 0.500. The molecule has 4 aliphatic heterocycles. The Bertz CT molecular complexity index is 1180. The fourth-order valence-corrected chi connectivity index (χ4v) is 6.16. The number of aromatic nitrogens is 1. The molecule has 1 aromatic heterocycles. The van der Waals surface area contributed by atoms with E-state index in [9.17, 15) is 9.18 Å². The molecule has 2 aromatic rings. The van der Waals surface area contributed by atoms with E-state index in [1.807, 2.05) is 15.9 Å². The SMILES string of the molecule is C=CC(=O)N1CC[C@H](N2CCC(c3ccc4c(c3)Nc3ncc(F)c(N5CCOCC5)c3CO4)CC2)C1. The van der Waals surface area contributed by atoms with Crippen LogP contribution in [0, 0.1) is 5.82 Å². The molecule has 196 valence electrons. The molecular formula is C28H34FN5O3. The second kappa shape index (κ2) is 10.3. The summed E-state index contributed by atoms with van der Waals surface area (Å²) >= 11 is 0. The molecule has 0 spiro atoms. The Morgan fingerprint density at radius 3 is 2.73 bits per heavy atom. The van der Waals surface area contributed by atoms with E-state index in [-0.39, 0.29) is 18.3 Å². The van der Waals surface area contributed by atoms with Crippen molar-refractivity contribution in [3.63, 3.8) is 0 Å². The lowest BCUT2D eigenvalue weighted by molar-refractivity contribution is -0.125. The summed E-state index contributed by atoms with van der Waals surface area (Å²) in [6.07, 6.45) is 5.90. The number of piperidine rings is 1. The molecule has 0 unspecified atom stereocenters. The maximum Gasteiger partial charge on any atom is 0.246 e. The van der Waals surface area contributed by atoms with Gasteiger partial charge in [-0.2, -0.15) is 0 Å². The molecule has 6 rings (SSSR count). The van der Waals surface area contributed by atoms with Gasteiger partial charge in [-0.05, 0) is 62.0 Å². The van der Waals surface area contributed by atoms with E-state index in [4.69, 9.17) is 9.47 Å². The first kappa shape index (κ1) is 24.2. The van der Waals surface area contributed by atoms with Gasteiger partial charge in [0, 0.05) is 32.2 Å². The number of ether oxygens (including phenoxy) is 2. The molecule has 1 atom stereocenters. The zero-order chi connectivity index (χ0) is 25.4. The summed E-state index contributed by atoms with van der Waals surface area (Å²) in [4.78, 5) is 22.8. The van der Waals surface area contributed by atoms with E-state index in [0.717, 1.165) is 62.4 Å². The first-order valence-corrected chi connectivity index (χ1v) is 13.3. The third kappa shape index (κ3) is 4.78. The predicted molar refractivity (Wildman–Crippen MR) is 140 cm³/mol. The highest BCUT2D eigenvalue weighted by Crippen LogP contribution is 2.40. The van der Waals surface area contributed by atoms with Gasteiger partial charge in [0.1, 0.15) is 18.2 Å². The van der Waals surface area contributed by atoms with E-state index in [0.29, 0.717) is 49.8 Å². The van der Waals surface area contributed by atoms with Crippen LogP contribution in [-0.4, -0.2) is 79.2 Å². The summed E-state index contributed by atoms with van der Waals surface area (Å²) in [6.45, 7) is 10.0. The maximum absolute atomic E-state index is 14.9. The van der Waals surface area contributed by atoms with Crippen LogP contribution in [0.15, 0.2) is 37.1 Å². The molecule has 0 saturated carbocycles. The van der Waals surface area contributed by atoms with Gasteiger partial charge in [-0.1, -0.05) is 12.6 Å². The van der Waals surface area contributed by atoms with Crippen molar-refractivity contribution in [3.05, 3.63) is 54.0 Å². The summed E-state index contributed by atoms with van der Waals surface area (Å²) in [5, 5.41) is 3.45. The molecule has 0 radical (unpaired) electrons. The average Bonchev–Trinajstić information content (AvgIpc) is 3.36. The number of rotatable bonds is 4. The lowest BCUT2D eigenvalue weighted by Gasteiger charge is -2.36. The molecule has 8 nitrogen and oxygen atoms in total. The second-order valence-corrected chi connectivity index (χ2v) is 10.3. The van der Waals surface area contributed by atoms with Crippen LogP contribution < -0.4 is 15.0 Å². The Morgan fingerprint density at radius 1 is 1.14 bits per heavy atom. The minimum absolute atomic E-state index is 0.0351. The van der Waals surface area contributed by atoms with Crippen LogP contribution in [0.25, 0.3) is 0 Å². The molecule has 1 amide bonds. The quantitative estimate of drug-likeness (QED) is 0.634. The first-order valence-electron chi connectivity index (χ1n) is 13.3. The van der Waals surface area contributed by atoms with Crippen LogP contribution in [0.2, 0.25) is 0 Å². The highest BCUT2D eigenvalue weighted by molar-refractivity contribution is 5.87. The van der Waals surface area contributed by atoms with Crippen LogP contribution in [0.3, 0.4) is 0 Å². The second-order valence-electron chi connectivity index (χ2n) is 10.3. The fourth-order valence-electron chi connectivity index (χ4n) is 6.16. The van der Waals surface area contributed by atoms with Crippen LogP contribution in [0.1, 0.15) is 36.3 Å². The van der Waals surface area contributed by atoms with Crippen molar-refractivity contribution in [1.29, 1.82) is 0 Å². The van der Waals surface area contributed by atoms with E-state index in [1.54, 1.807) is 0 Å². The van der Waals surface area contributed by atoms with E-state index >= 15 is 0 Å². The molecular weight excluding hydrogens is 473 g/mol. The van der Waals surface area contributed by atoms with Crippen molar-refractivity contribution in [3.8, 4) is 5.75 Å². The number of hydrogen-bond acceptors (Lipinski definition) is 7. The normalized spacial score (nSPS) is 22.5. The van der Waals surface area contributed by atoms with Crippen molar-refractivity contribution in [2.75, 3.05) is 62.7 Å². The number of benzene rings is 1. The van der Waals surface area contributed by atoms with Gasteiger partial charge >= 0.3 is 0 Å². The zero-order valence-electron chi connectivity index (χ0n) is 21.1. The van der Waals surface area contributed by atoms with Crippen LogP contribution in [-0.2, 0) is 16.1 Å². The molecule has 9 heteroatoms. The molecule has 37 heavy (non-hydrogen) atoms. The number of hydrogen-bond donors (Lipinski definition) is 1. The van der Waals surface area contributed by atoms with Gasteiger partial charge in [-0.3, -0.25) is 9.69 Å². The lowest BCUT2D eigenvalue weighted by Crippen LogP contribution is -2.42.